The van der Waals surface area contributed by atoms with Crippen molar-refractivity contribution in [3.05, 3.63) is 59.9 Å². The molecule has 4 aromatic rings. The summed E-state index contributed by atoms with van der Waals surface area (Å²) in [6, 6.07) is 9.11. The van der Waals surface area contributed by atoms with Crippen LogP contribution in [-0.2, 0) is 0 Å². The molecule has 29 heavy (non-hydrogen) atoms. The molecule has 2 N–H and O–H groups in total. The lowest BCUT2D eigenvalue weighted by molar-refractivity contribution is 0.355. The number of nitrogens with two attached hydrogens (primary N) is 1. The van der Waals surface area contributed by atoms with Gasteiger partial charge in [-0.1, -0.05) is 12.1 Å². The maximum Gasteiger partial charge on any atom is 0.165 e. The van der Waals surface area contributed by atoms with Gasteiger partial charge in [0.1, 0.15) is 5.82 Å². The summed E-state index contributed by atoms with van der Waals surface area (Å²) in [6.07, 6.45) is 1.65. The second kappa shape index (κ2) is 7.05. The van der Waals surface area contributed by atoms with Gasteiger partial charge >= 0.3 is 0 Å². The molecule has 0 fully saturated rings. The van der Waals surface area contributed by atoms with Crippen LogP contribution in [0.15, 0.2) is 42.6 Å². The van der Waals surface area contributed by atoms with Gasteiger partial charge in [0, 0.05) is 11.1 Å². The lowest BCUT2D eigenvalue weighted by atomic mass is 10.0. The normalized spacial score (nSPS) is 11.1. The van der Waals surface area contributed by atoms with E-state index in [1.807, 2.05) is 12.1 Å². The zero-order valence-corrected chi connectivity index (χ0v) is 16.0. The molecule has 0 amide bonds. The molecular formula is C21H18F2N4O2. The molecule has 0 radical (unpaired) electrons. The van der Waals surface area contributed by atoms with Crippen LogP contribution in [0.3, 0.4) is 0 Å². The first-order valence-corrected chi connectivity index (χ1v) is 8.76. The second-order valence-electron chi connectivity index (χ2n) is 6.45. The van der Waals surface area contributed by atoms with Crippen LogP contribution in [0.2, 0.25) is 0 Å². The average Bonchev–Trinajstić information content (AvgIpc) is 3.14. The zero-order valence-electron chi connectivity index (χ0n) is 16.0. The maximum absolute atomic E-state index is 13.7. The minimum atomic E-state index is -0.951. The molecule has 6 nitrogen and oxygen atoms in total. The number of hydrogen-bond acceptors (Lipinski definition) is 5. The van der Waals surface area contributed by atoms with E-state index in [4.69, 9.17) is 15.2 Å². The van der Waals surface area contributed by atoms with Crippen molar-refractivity contribution in [1.29, 1.82) is 0 Å². The molecular weight excluding hydrogens is 378 g/mol. The Kier molecular flexibility index (Phi) is 4.54. The first-order valence-electron chi connectivity index (χ1n) is 8.76. The first kappa shape index (κ1) is 18.7. The Morgan fingerprint density at radius 2 is 1.66 bits per heavy atom. The van der Waals surface area contributed by atoms with Gasteiger partial charge in [0.15, 0.2) is 28.8 Å². The summed E-state index contributed by atoms with van der Waals surface area (Å²) in [5, 5.41) is 4.35. The van der Waals surface area contributed by atoms with Gasteiger partial charge in [-0.15, -0.1) is 0 Å². The molecule has 148 valence electrons. The van der Waals surface area contributed by atoms with Crippen LogP contribution >= 0.6 is 0 Å². The standard InChI is InChI=1S/C21H18F2N4O2/c1-11-19(13-4-6-15(22)16(23)8-13)20(24)27-21(26-11)14(10-25-27)12-5-7-17(28-2)18(9-12)29-3/h4-10H,24H2,1-3H3. The first-order chi connectivity index (χ1) is 13.9. The highest BCUT2D eigenvalue weighted by Crippen LogP contribution is 2.36. The summed E-state index contributed by atoms with van der Waals surface area (Å²) in [6.45, 7) is 1.76. The van der Waals surface area contributed by atoms with Gasteiger partial charge in [0.2, 0.25) is 0 Å². The Morgan fingerprint density at radius 1 is 0.931 bits per heavy atom. The van der Waals surface area contributed by atoms with Crippen molar-refractivity contribution in [3.63, 3.8) is 0 Å². The van der Waals surface area contributed by atoms with Crippen LogP contribution < -0.4 is 15.2 Å². The quantitative estimate of drug-likeness (QED) is 0.558. The summed E-state index contributed by atoms with van der Waals surface area (Å²) >= 11 is 0. The monoisotopic (exact) mass is 396 g/mol. The lowest BCUT2D eigenvalue weighted by Gasteiger charge is -2.12. The van der Waals surface area contributed by atoms with Crippen molar-refractivity contribution in [3.8, 4) is 33.8 Å². The van der Waals surface area contributed by atoms with E-state index in [1.54, 1.807) is 33.4 Å². The van der Waals surface area contributed by atoms with E-state index in [1.165, 1.54) is 10.6 Å². The molecule has 0 saturated carbocycles. The Labute approximate surface area is 165 Å². The van der Waals surface area contributed by atoms with E-state index < -0.39 is 11.6 Å². The predicted octanol–water partition coefficient (Wildman–Crippen LogP) is 4.25. The van der Waals surface area contributed by atoms with Crippen LogP contribution in [0, 0.1) is 18.6 Å². The van der Waals surface area contributed by atoms with Gasteiger partial charge in [0.25, 0.3) is 0 Å². The number of methoxy groups -OCH3 is 2. The smallest absolute Gasteiger partial charge is 0.165 e. The number of hydrogen-bond donors (Lipinski definition) is 1. The van der Waals surface area contributed by atoms with Crippen LogP contribution in [-0.4, -0.2) is 28.8 Å². The predicted molar refractivity (Wildman–Crippen MR) is 106 cm³/mol. The maximum atomic E-state index is 13.7. The van der Waals surface area contributed by atoms with Crippen molar-refractivity contribution >= 4 is 11.5 Å². The molecule has 0 spiro atoms. The fourth-order valence-electron chi connectivity index (χ4n) is 3.35. The molecule has 0 atom stereocenters. The summed E-state index contributed by atoms with van der Waals surface area (Å²) < 4.78 is 39.2. The van der Waals surface area contributed by atoms with Crippen molar-refractivity contribution in [1.82, 2.24) is 14.6 Å². The number of anilines is 1. The molecule has 0 saturated heterocycles. The Balaban J connectivity index is 1.90. The summed E-state index contributed by atoms with van der Waals surface area (Å²) in [4.78, 5) is 4.63. The summed E-state index contributed by atoms with van der Waals surface area (Å²) in [5.41, 5.74) is 9.94. The summed E-state index contributed by atoms with van der Waals surface area (Å²) in [7, 11) is 3.13. The van der Waals surface area contributed by atoms with Crippen LogP contribution in [0.25, 0.3) is 27.9 Å². The molecule has 2 aromatic carbocycles. The van der Waals surface area contributed by atoms with E-state index in [9.17, 15) is 8.78 Å². The highest BCUT2D eigenvalue weighted by molar-refractivity contribution is 5.84. The highest BCUT2D eigenvalue weighted by atomic mass is 19.2. The number of nitrogen functional groups attached to an aromatic ring is 1. The molecule has 8 heteroatoms. The third-order valence-corrected chi connectivity index (χ3v) is 4.77. The van der Waals surface area contributed by atoms with Gasteiger partial charge < -0.3 is 15.2 Å². The molecule has 0 bridgehead atoms. The molecule has 4 rings (SSSR count). The fourth-order valence-corrected chi connectivity index (χ4v) is 3.35. The van der Waals surface area contributed by atoms with Gasteiger partial charge in [-0.2, -0.15) is 9.61 Å². The van der Waals surface area contributed by atoms with Crippen molar-refractivity contribution < 1.29 is 18.3 Å². The number of benzene rings is 2. The van der Waals surface area contributed by atoms with Crippen LogP contribution in [0.5, 0.6) is 11.5 Å². The minimum Gasteiger partial charge on any atom is -0.493 e. The third kappa shape index (κ3) is 3.02. The molecule has 2 aromatic heterocycles. The molecule has 0 aliphatic rings. The van der Waals surface area contributed by atoms with Crippen molar-refractivity contribution in [2.75, 3.05) is 20.0 Å². The number of ether oxygens (including phenoxy) is 2. The second-order valence-corrected chi connectivity index (χ2v) is 6.45. The van der Waals surface area contributed by atoms with Gasteiger partial charge in [-0.25, -0.2) is 13.8 Å². The van der Waals surface area contributed by atoms with Gasteiger partial charge in [-0.05, 0) is 42.3 Å². The zero-order chi connectivity index (χ0) is 20.7. The lowest BCUT2D eigenvalue weighted by Crippen LogP contribution is -2.06. The number of aryl methyl sites for hydroxylation is 1. The third-order valence-electron chi connectivity index (χ3n) is 4.77. The molecule has 0 unspecified atom stereocenters. The van der Waals surface area contributed by atoms with Crippen LogP contribution in [0.1, 0.15) is 5.69 Å². The average molecular weight is 396 g/mol. The Morgan fingerprint density at radius 3 is 2.34 bits per heavy atom. The Bertz CT molecular complexity index is 1240. The largest absolute Gasteiger partial charge is 0.493 e. The van der Waals surface area contributed by atoms with Crippen molar-refractivity contribution in [2.24, 2.45) is 0 Å². The van der Waals surface area contributed by atoms with E-state index in [0.717, 1.165) is 23.3 Å². The highest BCUT2D eigenvalue weighted by Gasteiger charge is 2.18. The van der Waals surface area contributed by atoms with Gasteiger partial charge in [0.05, 0.1) is 26.1 Å². The number of aromatic nitrogens is 3. The van der Waals surface area contributed by atoms with E-state index in [0.29, 0.717) is 34.0 Å². The molecule has 0 aliphatic carbocycles. The topological polar surface area (TPSA) is 74.7 Å². The van der Waals surface area contributed by atoms with E-state index >= 15 is 0 Å². The SMILES string of the molecule is COc1ccc(-c2cnn3c(N)c(-c4ccc(F)c(F)c4)c(C)nc23)cc1OC. The number of halogens is 2. The minimum absolute atomic E-state index is 0.283. The van der Waals surface area contributed by atoms with Gasteiger partial charge in [-0.3, -0.25) is 0 Å². The molecule has 2 heterocycles. The van der Waals surface area contributed by atoms with Crippen molar-refractivity contribution in [2.45, 2.75) is 6.92 Å². The number of nitrogens with zero attached hydrogens (tertiary/aromatic N) is 3. The number of rotatable bonds is 4. The fraction of sp³-hybridized carbons (Fsp3) is 0.143. The van der Waals surface area contributed by atoms with E-state index in [-0.39, 0.29) is 5.82 Å². The Hall–Kier alpha value is -3.68. The summed E-state index contributed by atoms with van der Waals surface area (Å²) in [5.74, 6) is -0.406. The van der Waals surface area contributed by atoms with E-state index in [2.05, 4.69) is 10.1 Å². The molecule has 0 aliphatic heterocycles. The number of fused-ring (bicyclic) bond motifs is 1. The van der Waals surface area contributed by atoms with Crippen LogP contribution in [0.4, 0.5) is 14.6 Å².